The Morgan fingerprint density at radius 2 is 1.56 bits per heavy atom. The second-order valence-corrected chi connectivity index (χ2v) is 7.29. The smallest absolute Gasteiger partial charge is 0.324 e. The summed E-state index contributed by atoms with van der Waals surface area (Å²) < 4.78 is 10.7. The molecule has 2 aromatic rings. The first kappa shape index (κ1) is 18.3. The van der Waals surface area contributed by atoms with Gasteiger partial charge in [0.25, 0.3) is 0 Å². The molecule has 2 fully saturated rings. The fourth-order valence-electron chi connectivity index (χ4n) is 3.19. The first-order valence-electron chi connectivity index (χ1n) is 8.77. The largest absolute Gasteiger partial charge is 0.378 e. The minimum Gasteiger partial charge on any atom is -0.378 e. The first-order valence-corrected chi connectivity index (χ1v) is 9.52. The molecular formula is C17H19Cl2N5O3. The Labute approximate surface area is 166 Å². The van der Waals surface area contributed by atoms with Gasteiger partial charge in [-0.2, -0.15) is 4.98 Å². The minimum absolute atomic E-state index is 0.0673. The maximum atomic E-state index is 12.6. The van der Waals surface area contributed by atoms with Crippen molar-refractivity contribution in [2.75, 3.05) is 57.4 Å². The molecule has 144 valence electrons. The number of amides is 2. The molecular weight excluding hydrogens is 393 g/mol. The lowest BCUT2D eigenvalue weighted by molar-refractivity contribution is 0.0427. The van der Waals surface area contributed by atoms with E-state index in [0.29, 0.717) is 79.9 Å². The molecule has 0 saturated carbocycles. The highest BCUT2D eigenvalue weighted by Crippen LogP contribution is 2.27. The Balaban J connectivity index is 1.38. The van der Waals surface area contributed by atoms with Crippen LogP contribution < -0.4 is 4.90 Å². The molecule has 27 heavy (non-hydrogen) atoms. The Bertz CT molecular complexity index is 796. The summed E-state index contributed by atoms with van der Waals surface area (Å²) in [5.41, 5.74) is 0.698. The molecule has 2 aliphatic heterocycles. The van der Waals surface area contributed by atoms with Crippen LogP contribution in [0.1, 0.15) is 0 Å². The molecule has 2 aliphatic rings. The van der Waals surface area contributed by atoms with Crippen molar-refractivity contribution in [3.63, 3.8) is 0 Å². The van der Waals surface area contributed by atoms with Crippen LogP contribution in [0.25, 0.3) is 11.4 Å². The number of morpholine rings is 1. The standard InChI is InChI=1S/C17H19Cl2N5O3/c18-13-9-12(10-14(19)11-13)15-20-16(27-21-15)22-1-3-23(4-2-22)17(25)24-5-7-26-8-6-24/h9-11H,1-8H2. The number of piperazine rings is 1. The highest BCUT2D eigenvalue weighted by Gasteiger charge is 2.28. The van der Waals surface area contributed by atoms with Gasteiger partial charge in [0, 0.05) is 54.9 Å². The number of aromatic nitrogens is 2. The van der Waals surface area contributed by atoms with Crippen LogP contribution in [0.4, 0.5) is 10.8 Å². The quantitative estimate of drug-likeness (QED) is 0.755. The number of carbonyl (C=O) groups is 1. The average Bonchev–Trinajstić information content (AvgIpc) is 3.18. The van der Waals surface area contributed by atoms with Crippen LogP contribution in [0.2, 0.25) is 10.0 Å². The van der Waals surface area contributed by atoms with Crippen LogP contribution in [0, 0.1) is 0 Å². The van der Waals surface area contributed by atoms with Gasteiger partial charge >= 0.3 is 12.0 Å². The Hall–Kier alpha value is -2.03. The molecule has 0 spiro atoms. The van der Waals surface area contributed by atoms with Crippen molar-refractivity contribution in [3.8, 4) is 11.4 Å². The van der Waals surface area contributed by atoms with Crippen molar-refractivity contribution in [2.24, 2.45) is 0 Å². The highest BCUT2D eigenvalue weighted by atomic mass is 35.5. The SMILES string of the molecule is O=C(N1CCOCC1)N1CCN(c2nc(-c3cc(Cl)cc(Cl)c3)no2)CC1. The summed E-state index contributed by atoms with van der Waals surface area (Å²) in [6, 6.07) is 5.62. The highest BCUT2D eigenvalue weighted by molar-refractivity contribution is 6.35. The summed E-state index contributed by atoms with van der Waals surface area (Å²) >= 11 is 12.1. The number of hydrogen-bond donors (Lipinski definition) is 0. The second-order valence-electron chi connectivity index (χ2n) is 6.41. The zero-order valence-corrected chi connectivity index (χ0v) is 16.1. The van der Waals surface area contributed by atoms with Crippen molar-refractivity contribution in [2.45, 2.75) is 0 Å². The fraction of sp³-hybridized carbons (Fsp3) is 0.471. The summed E-state index contributed by atoms with van der Waals surface area (Å²) in [6.07, 6.45) is 0. The number of hydrogen-bond acceptors (Lipinski definition) is 6. The minimum atomic E-state index is 0.0673. The normalized spacial score (nSPS) is 18.1. The summed E-state index contributed by atoms with van der Waals surface area (Å²) in [6.45, 7) is 4.98. The molecule has 2 saturated heterocycles. The molecule has 8 nitrogen and oxygen atoms in total. The van der Waals surface area contributed by atoms with Gasteiger partial charge in [0.2, 0.25) is 5.82 Å². The summed E-state index contributed by atoms with van der Waals surface area (Å²) in [7, 11) is 0. The van der Waals surface area contributed by atoms with E-state index in [1.165, 1.54) is 0 Å². The van der Waals surface area contributed by atoms with E-state index < -0.39 is 0 Å². The molecule has 1 aromatic heterocycles. The number of urea groups is 1. The molecule has 2 amide bonds. The summed E-state index contributed by atoms with van der Waals surface area (Å²) in [4.78, 5) is 22.7. The van der Waals surface area contributed by atoms with Crippen molar-refractivity contribution in [3.05, 3.63) is 28.2 Å². The number of rotatable bonds is 2. The van der Waals surface area contributed by atoms with Crippen molar-refractivity contribution in [1.29, 1.82) is 0 Å². The van der Waals surface area contributed by atoms with E-state index in [9.17, 15) is 4.79 Å². The Morgan fingerprint density at radius 1 is 0.926 bits per heavy atom. The first-order chi connectivity index (χ1) is 13.1. The number of benzene rings is 1. The van der Waals surface area contributed by atoms with Crippen molar-refractivity contribution < 1.29 is 14.1 Å². The van der Waals surface area contributed by atoms with E-state index >= 15 is 0 Å². The zero-order valence-electron chi connectivity index (χ0n) is 14.6. The van der Waals surface area contributed by atoms with Gasteiger partial charge in [-0.3, -0.25) is 0 Å². The van der Waals surface area contributed by atoms with Gasteiger partial charge in [0.1, 0.15) is 0 Å². The Kier molecular flexibility index (Phi) is 5.38. The van der Waals surface area contributed by atoms with Gasteiger partial charge in [0.05, 0.1) is 13.2 Å². The van der Waals surface area contributed by atoms with Crippen LogP contribution in [0.5, 0.6) is 0 Å². The predicted molar refractivity (Wildman–Crippen MR) is 101 cm³/mol. The Morgan fingerprint density at radius 3 is 2.22 bits per heavy atom. The van der Waals surface area contributed by atoms with E-state index in [4.69, 9.17) is 32.5 Å². The van der Waals surface area contributed by atoms with Gasteiger partial charge in [-0.25, -0.2) is 4.79 Å². The zero-order chi connectivity index (χ0) is 18.8. The number of halogens is 2. The third kappa shape index (κ3) is 4.12. The summed E-state index contributed by atoms with van der Waals surface area (Å²) in [5.74, 6) is 0.432. The number of nitrogens with zero attached hydrogens (tertiary/aromatic N) is 5. The lowest BCUT2D eigenvalue weighted by Crippen LogP contribution is -2.54. The van der Waals surface area contributed by atoms with Gasteiger partial charge in [-0.1, -0.05) is 28.4 Å². The van der Waals surface area contributed by atoms with Gasteiger partial charge in [0.15, 0.2) is 0 Å². The molecule has 0 unspecified atom stereocenters. The molecule has 3 heterocycles. The topological polar surface area (TPSA) is 74.9 Å². The van der Waals surface area contributed by atoms with Crippen LogP contribution in [-0.2, 0) is 4.74 Å². The van der Waals surface area contributed by atoms with Gasteiger partial charge < -0.3 is 24.0 Å². The average molecular weight is 412 g/mol. The third-order valence-corrected chi connectivity index (χ3v) is 5.07. The monoisotopic (exact) mass is 411 g/mol. The number of carbonyl (C=O) groups excluding carboxylic acids is 1. The summed E-state index contributed by atoms with van der Waals surface area (Å²) in [5, 5.41) is 5.05. The van der Waals surface area contributed by atoms with E-state index in [0.717, 1.165) is 0 Å². The molecule has 1 aromatic carbocycles. The maximum Gasteiger partial charge on any atom is 0.324 e. The van der Waals surface area contributed by atoms with Gasteiger partial charge in [-0.15, -0.1) is 0 Å². The van der Waals surface area contributed by atoms with E-state index in [2.05, 4.69) is 10.1 Å². The molecule has 0 bridgehead atoms. The molecule has 10 heteroatoms. The van der Waals surface area contributed by atoms with Crippen LogP contribution in [0.15, 0.2) is 22.7 Å². The third-order valence-electron chi connectivity index (χ3n) is 4.64. The van der Waals surface area contributed by atoms with Crippen LogP contribution in [-0.4, -0.2) is 78.5 Å². The maximum absolute atomic E-state index is 12.6. The lowest BCUT2D eigenvalue weighted by atomic mass is 10.2. The number of anilines is 1. The van der Waals surface area contributed by atoms with Crippen LogP contribution in [0.3, 0.4) is 0 Å². The fourth-order valence-corrected chi connectivity index (χ4v) is 3.71. The molecule has 0 aliphatic carbocycles. The molecule has 4 rings (SSSR count). The molecule has 0 N–H and O–H groups in total. The predicted octanol–water partition coefficient (Wildman–Crippen LogP) is 2.62. The van der Waals surface area contributed by atoms with Crippen molar-refractivity contribution in [1.82, 2.24) is 19.9 Å². The van der Waals surface area contributed by atoms with E-state index in [1.807, 2.05) is 14.7 Å². The molecule has 0 atom stereocenters. The second kappa shape index (κ2) is 7.92. The van der Waals surface area contributed by atoms with E-state index in [1.54, 1.807) is 18.2 Å². The lowest BCUT2D eigenvalue weighted by Gasteiger charge is -2.37. The van der Waals surface area contributed by atoms with Crippen LogP contribution >= 0.6 is 23.2 Å². The number of ether oxygens (including phenoxy) is 1. The van der Waals surface area contributed by atoms with Gasteiger partial charge in [-0.05, 0) is 18.2 Å². The van der Waals surface area contributed by atoms with Crippen molar-refractivity contribution >= 4 is 35.2 Å². The molecule has 0 radical (unpaired) electrons. The van der Waals surface area contributed by atoms with E-state index in [-0.39, 0.29) is 6.03 Å².